The van der Waals surface area contributed by atoms with Crippen LogP contribution in [0.4, 0.5) is 17.5 Å². The van der Waals surface area contributed by atoms with E-state index in [1.54, 1.807) is 12.1 Å². The quantitative estimate of drug-likeness (QED) is 0.552. The largest absolute Gasteiger partial charge is 0.338 e. The van der Waals surface area contributed by atoms with E-state index in [1.807, 2.05) is 30.0 Å². The molecule has 0 saturated carbocycles. The zero-order chi connectivity index (χ0) is 23.1. The first-order chi connectivity index (χ1) is 15.9. The third kappa shape index (κ3) is 4.09. The van der Waals surface area contributed by atoms with Crippen molar-refractivity contribution in [2.45, 2.75) is 32.2 Å². The fourth-order valence-corrected chi connectivity index (χ4v) is 4.63. The summed E-state index contributed by atoms with van der Waals surface area (Å²) in [6.45, 7) is 3.17. The first-order valence-corrected chi connectivity index (χ1v) is 11.1. The summed E-state index contributed by atoms with van der Waals surface area (Å²) in [5.41, 5.74) is 3.52. The van der Waals surface area contributed by atoms with Crippen molar-refractivity contribution in [1.82, 2.24) is 9.97 Å². The van der Waals surface area contributed by atoms with E-state index in [0.717, 1.165) is 12.0 Å². The number of rotatable bonds is 3. The van der Waals surface area contributed by atoms with E-state index in [1.165, 1.54) is 11.1 Å². The summed E-state index contributed by atoms with van der Waals surface area (Å²) >= 11 is 6.24. The van der Waals surface area contributed by atoms with Gasteiger partial charge in [-0.25, -0.2) is 0 Å². The normalized spacial score (nSPS) is 17.1. The second-order valence-corrected chi connectivity index (χ2v) is 8.78. The van der Waals surface area contributed by atoms with Crippen LogP contribution < -0.4 is 21.1 Å². The molecule has 2 aliphatic rings. The van der Waals surface area contributed by atoms with E-state index in [0.29, 0.717) is 29.7 Å². The van der Waals surface area contributed by atoms with E-state index >= 15 is 0 Å². The number of anilines is 3. The zero-order valence-electron chi connectivity index (χ0n) is 17.9. The lowest BCUT2D eigenvalue weighted by molar-refractivity contribution is -0.123. The molecule has 5 rings (SSSR count). The maximum atomic E-state index is 13.1. The maximum absolute atomic E-state index is 13.1. The number of H-pyrrole nitrogens is 1. The molecule has 3 aromatic rings. The monoisotopic (exact) mass is 463 g/mol. The van der Waals surface area contributed by atoms with Crippen molar-refractivity contribution < 1.29 is 9.59 Å². The molecule has 0 spiro atoms. The summed E-state index contributed by atoms with van der Waals surface area (Å²) in [4.78, 5) is 47.8. The van der Waals surface area contributed by atoms with Gasteiger partial charge in [0.25, 0.3) is 5.56 Å². The molecule has 8 nitrogen and oxygen atoms in total. The van der Waals surface area contributed by atoms with Crippen molar-refractivity contribution in [3.8, 4) is 0 Å². The third-order valence-corrected chi connectivity index (χ3v) is 6.38. The Kier molecular flexibility index (Phi) is 5.38. The zero-order valence-corrected chi connectivity index (χ0v) is 18.7. The molecule has 3 heterocycles. The highest BCUT2D eigenvalue weighted by atomic mass is 35.5. The van der Waals surface area contributed by atoms with E-state index in [2.05, 4.69) is 32.7 Å². The molecule has 9 heteroatoms. The number of halogens is 1. The molecule has 1 aromatic heterocycles. The van der Waals surface area contributed by atoms with Gasteiger partial charge in [-0.15, -0.1) is 0 Å². The van der Waals surface area contributed by atoms with Crippen molar-refractivity contribution >= 4 is 40.9 Å². The number of fused-ring (bicyclic) bond motifs is 2. The molecule has 33 heavy (non-hydrogen) atoms. The van der Waals surface area contributed by atoms with Gasteiger partial charge in [0.05, 0.1) is 22.2 Å². The predicted octanol–water partition coefficient (Wildman–Crippen LogP) is 3.36. The number of nitrogens with zero attached hydrogens (tertiary/aromatic N) is 2. The number of hydrogen-bond acceptors (Lipinski definition) is 5. The van der Waals surface area contributed by atoms with Crippen molar-refractivity contribution in [2.24, 2.45) is 0 Å². The first-order valence-electron chi connectivity index (χ1n) is 10.7. The van der Waals surface area contributed by atoms with Crippen molar-refractivity contribution in [3.05, 3.63) is 80.1 Å². The summed E-state index contributed by atoms with van der Waals surface area (Å²) in [5.74, 6) is -1.33. The van der Waals surface area contributed by atoms with E-state index in [9.17, 15) is 14.4 Å². The van der Waals surface area contributed by atoms with Crippen LogP contribution in [0.3, 0.4) is 0 Å². The number of benzene rings is 2. The van der Waals surface area contributed by atoms with Gasteiger partial charge in [0.2, 0.25) is 17.8 Å². The second-order valence-electron chi connectivity index (χ2n) is 8.37. The van der Waals surface area contributed by atoms with Gasteiger partial charge in [0.15, 0.2) is 0 Å². The van der Waals surface area contributed by atoms with E-state index < -0.39 is 17.4 Å². The van der Waals surface area contributed by atoms with Crippen molar-refractivity contribution in [1.29, 1.82) is 0 Å². The van der Waals surface area contributed by atoms with Crippen molar-refractivity contribution in [2.75, 3.05) is 22.1 Å². The van der Waals surface area contributed by atoms with Gasteiger partial charge in [-0.2, -0.15) is 4.98 Å². The lowest BCUT2D eigenvalue weighted by atomic mass is 9.92. The van der Waals surface area contributed by atoms with Crippen LogP contribution in [0.2, 0.25) is 5.02 Å². The number of carbonyl (C=O) groups excluding carboxylic acids is 2. The lowest BCUT2D eigenvalue weighted by Crippen LogP contribution is -2.38. The summed E-state index contributed by atoms with van der Waals surface area (Å²) in [6, 6.07) is 13.4. The number of amides is 2. The lowest BCUT2D eigenvalue weighted by Gasteiger charge is -2.30. The molecular formula is C24H22ClN5O3. The Morgan fingerprint density at radius 3 is 2.76 bits per heavy atom. The van der Waals surface area contributed by atoms with Crippen LogP contribution in [0.25, 0.3) is 0 Å². The molecule has 1 atom stereocenters. The first kappa shape index (κ1) is 21.2. The predicted molar refractivity (Wildman–Crippen MR) is 127 cm³/mol. The fraction of sp³-hybridized carbons (Fsp3) is 0.250. The van der Waals surface area contributed by atoms with Crippen LogP contribution in [0.1, 0.15) is 34.6 Å². The SMILES string of the molecule is Cc1ccc(NC(=O)[C@@H]2CC(=O)Nc3nc(N4CCc5ccccc5C4)[nH]c(=O)c32)c(Cl)c1. The molecule has 0 bridgehead atoms. The number of carbonyl (C=O) groups is 2. The van der Waals surface area contributed by atoms with Crippen LogP contribution in [0, 0.1) is 6.92 Å². The Bertz CT molecular complexity index is 1340. The van der Waals surface area contributed by atoms with Crippen LogP contribution in [-0.4, -0.2) is 28.3 Å². The number of nitrogens with one attached hydrogen (secondary N) is 3. The summed E-state index contributed by atoms with van der Waals surface area (Å²) in [5, 5.41) is 5.79. The van der Waals surface area contributed by atoms with Gasteiger partial charge in [-0.05, 0) is 42.2 Å². The van der Waals surface area contributed by atoms with Gasteiger partial charge in [-0.1, -0.05) is 41.9 Å². The number of aromatic amines is 1. The third-order valence-electron chi connectivity index (χ3n) is 6.07. The maximum Gasteiger partial charge on any atom is 0.258 e. The van der Waals surface area contributed by atoms with E-state index in [-0.39, 0.29) is 23.7 Å². The minimum absolute atomic E-state index is 0.124. The summed E-state index contributed by atoms with van der Waals surface area (Å²) in [6.07, 6.45) is 0.676. The molecule has 2 amide bonds. The minimum Gasteiger partial charge on any atom is -0.338 e. The fourth-order valence-electron chi connectivity index (χ4n) is 4.35. The summed E-state index contributed by atoms with van der Waals surface area (Å²) < 4.78 is 0. The molecule has 0 aliphatic carbocycles. The van der Waals surface area contributed by atoms with Gasteiger partial charge in [-0.3, -0.25) is 19.4 Å². The Hall–Kier alpha value is -3.65. The van der Waals surface area contributed by atoms with Gasteiger partial charge in [0, 0.05) is 19.5 Å². The molecule has 0 fully saturated rings. The Balaban J connectivity index is 1.45. The molecular weight excluding hydrogens is 442 g/mol. The van der Waals surface area contributed by atoms with Crippen molar-refractivity contribution in [3.63, 3.8) is 0 Å². The Labute approximate surface area is 195 Å². The van der Waals surface area contributed by atoms with Gasteiger partial charge < -0.3 is 15.5 Å². The molecule has 168 valence electrons. The second kappa shape index (κ2) is 8.37. The van der Waals surface area contributed by atoms with Gasteiger partial charge >= 0.3 is 0 Å². The molecule has 0 saturated heterocycles. The average Bonchev–Trinajstić information content (AvgIpc) is 2.79. The van der Waals surface area contributed by atoms with Crippen LogP contribution >= 0.6 is 11.6 Å². The molecule has 3 N–H and O–H groups in total. The highest BCUT2D eigenvalue weighted by Gasteiger charge is 2.35. The van der Waals surface area contributed by atoms with Crippen LogP contribution in [0.5, 0.6) is 0 Å². The molecule has 2 aliphatic heterocycles. The standard InChI is InChI=1S/C24H22ClN5O3/c1-13-6-7-18(17(25)10-13)26-22(32)16-11-19(31)27-21-20(16)23(33)29-24(28-21)30-9-8-14-4-2-3-5-15(14)12-30/h2-7,10,16H,8-9,11-12H2,1H3,(H,26,32)(H2,27,28,29,31,33)/t16-/m1/s1. The van der Waals surface area contributed by atoms with Gasteiger partial charge in [0.1, 0.15) is 5.82 Å². The highest BCUT2D eigenvalue weighted by molar-refractivity contribution is 6.33. The topological polar surface area (TPSA) is 107 Å². The Morgan fingerprint density at radius 2 is 1.97 bits per heavy atom. The minimum atomic E-state index is -0.974. The smallest absolute Gasteiger partial charge is 0.258 e. The highest BCUT2D eigenvalue weighted by Crippen LogP contribution is 2.32. The van der Waals surface area contributed by atoms with Crippen LogP contribution in [-0.2, 0) is 22.6 Å². The van der Waals surface area contributed by atoms with E-state index in [4.69, 9.17) is 11.6 Å². The number of aryl methyl sites for hydroxylation is 1. The molecule has 2 aromatic carbocycles. The Morgan fingerprint density at radius 1 is 1.18 bits per heavy atom. The summed E-state index contributed by atoms with van der Waals surface area (Å²) in [7, 11) is 0. The van der Waals surface area contributed by atoms with Crippen LogP contribution in [0.15, 0.2) is 47.3 Å². The molecule has 0 radical (unpaired) electrons. The molecule has 0 unspecified atom stereocenters. The number of aromatic nitrogens is 2. The average molecular weight is 464 g/mol. The number of hydrogen-bond donors (Lipinski definition) is 3.